The molecule has 1 N–H and O–H groups in total. The van der Waals surface area contributed by atoms with Gasteiger partial charge in [-0.15, -0.1) is 0 Å². The van der Waals surface area contributed by atoms with Crippen molar-refractivity contribution in [1.82, 2.24) is 9.13 Å². The van der Waals surface area contributed by atoms with Crippen molar-refractivity contribution in [3.8, 4) is 11.4 Å². The molecule has 3 rings (SSSR count). The molecule has 0 radical (unpaired) electrons. The average Bonchev–Trinajstić information content (AvgIpc) is 2.99. The highest BCUT2D eigenvalue weighted by atomic mass is 19.1. The van der Waals surface area contributed by atoms with Gasteiger partial charge in [-0.2, -0.15) is 0 Å². The summed E-state index contributed by atoms with van der Waals surface area (Å²) in [5.74, 6) is -0.159. The van der Waals surface area contributed by atoms with E-state index in [0.29, 0.717) is 17.1 Å². The van der Waals surface area contributed by atoms with E-state index < -0.39 is 11.7 Å². The van der Waals surface area contributed by atoms with E-state index in [2.05, 4.69) is 5.32 Å². The number of rotatable bonds is 5. The normalized spacial score (nSPS) is 10.6. The van der Waals surface area contributed by atoms with Gasteiger partial charge in [-0.3, -0.25) is 13.9 Å². The first kappa shape index (κ1) is 17.5. The van der Waals surface area contributed by atoms with Crippen molar-refractivity contribution in [2.24, 2.45) is 0 Å². The highest BCUT2D eigenvalue weighted by Gasteiger charge is 2.11. The van der Waals surface area contributed by atoms with Crippen LogP contribution in [0, 0.1) is 12.7 Å². The number of nitrogens with one attached hydrogen (secondary N) is 1. The first-order chi connectivity index (χ1) is 12.5. The van der Waals surface area contributed by atoms with Crippen molar-refractivity contribution in [2.45, 2.75) is 13.5 Å². The van der Waals surface area contributed by atoms with Crippen molar-refractivity contribution >= 4 is 11.6 Å². The van der Waals surface area contributed by atoms with Crippen molar-refractivity contribution in [3.63, 3.8) is 0 Å². The topological polar surface area (TPSA) is 65.3 Å². The van der Waals surface area contributed by atoms with Crippen molar-refractivity contribution in [1.29, 1.82) is 0 Å². The van der Waals surface area contributed by atoms with E-state index in [0.717, 1.165) is 5.56 Å². The SMILES string of the molecule is COc1ccc(-n2ccn(CC(=O)Nc3cc(F)ccc3C)c2=O)cc1. The fourth-order valence-electron chi connectivity index (χ4n) is 2.55. The number of imidazole rings is 1. The minimum atomic E-state index is -0.436. The molecule has 7 heteroatoms. The molecule has 0 bridgehead atoms. The largest absolute Gasteiger partial charge is 0.497 e. The van der Waals surface area contributed by atoms with Crippen LogP contribution in [0.25, 0.3) is 5.69 Å². The molecule has 134 valence electrons. The number of aryl methyl sites for hydroxylation is 1. The summed E-state index contributed by atoms with van der Waals surface area (Å²) in [5.41, 5.74) is 1.44. The predicted molar refractivity (Wildman–Crippen MR) is 96.3 cm³/mol. The van der Waals surface area contributed by atoms with Gasteiger partial charge in [0.05, 0.1) is 12.8 Å². The number of amides is 1. The van der Waals surface area contributed by atoms with Crippen LogP contribution in [0.1, 0.15) is 5.56 Å². The Hall–Kier alpha value is -3.35. The molecule has 1 amide bonds. The van der Waals surface area contributed by atoms with E-state index >= 15 is 0 Å². The Bertz CT molecular complexity index is 990. The Morgan fingerprint density at radius 3 is 2.58 bits per heavy atom. The summed E-state index contributed by atoms with van der Waals surface area (Å²) >= 11 is 0. The number of halogens is 1. The van der Waals surface area contributed by atoms with Gasteiger partial charge in [0.25, 0.3) is 0 Å². The number of carbonyl (C=O) groups excluding carboxylic acids is 1. The Kier molecular flexibility index (Phi) is 4.88. The van der Waals surface area contributed by atoms with E-state index in [-0.39, 0.29) is 12.2 Å². The van der Waals surface area contributed by atoms with Gasteiger partial charge in [-0.1, -0.05) is 6.07 Å². The van der Waals surface area contributed by atoms with Gasteiger partial charge in [0.2, 0.25) is 5.91 Å². The average molecular weight is 355 g/mol. The molecule has 0 saturated heterocycles. The van der Waals surface area contributed by atoms with Gasteiger partial charge in [0, 0.05) is 18.1 Å². The summed E-state index contributed by atoms with van der Waals surface area (Å²) in [6, 6.07) is 11.2. The quantitative estimate of drug-likeness (QED) is 0.765. The van der Waals surface area contributed by atoms with Crippen LogP contribution in [0.4, 0.5) is 10.1 Å². The fraction of sp³-hybridized carbons (Fsp3) is 0.158. The zero-order chi connectivity index (χ0) is 18.7. The first-order valence-corrected chi connectivity index (χ1v) is 7.96. The number of hydrogen-bond acceptors (Lipinski definition) is 3. The maximum absolute atomic E-state index is 13.3. The second-order valence-corrected chi connectivity index (χ2v) is 5.78. The monoisotopic (exact) mass is 355 g/mol. The van der Waals surface area contributed by atoms with Gasteiger partial charge < -0.3 is 10.1 Å². The zero-order valence-electron chi connectivity index (χ0n) is 14.4. The molecule has 2 aromatic carbocycles. The standard InChI is InChI=1S/C19H18FN3O3/c1-13-3-4-14(20)11-17(13)21-18(24)12-22-9-10-23(19(22)25)15-5-7-16(26-2)8-6-15/h3-11H,12H2,1-2H3,(H,21,24). The molecule has 1 aromatic heterocycles. The highest BCUT2D eigenvalue weighted by molar-refractivity contribution is 5.91. The van der Waals surface area contributed by atoms with E-state index in [1.165, 1.54) is 27.5 Å². The second-order valence-electron chi connectivity index (χ2n) is 5.78. The predicted octanol–water partition coefficient (Wildman–Crippen LogP) is 2.73. The highest BCUT2D eigenvalue weighted by Crippen LogP contribution is 2.16. The Morgan fingerprint density at radius 2 is 1.88 bits per heavy atom. The summed E-state index contributed by atoms with van der Waals surface area (Å²) in [6.07, 6.45) is 3.12. The van der Waals surface area contributed by atoms with Crippen LogP contribution in [0.2, 0.25) is 0 Å². The lowest BCUT2D eigenvalue weighted by molar-refractivity contribution is -0.116. The van der Waals surface area contributed by atoms with Crippen LogP contribution < -0.4 is 15.7 Å². The number of carbonyl (C=O) groups is 1. The van der Waals surface area contributed by atoms with E-state index in [4.69, 9.17) is 4.74 Å². The minimum Gasteiger partial charge on any atom is -0.497 e. The maximum atomic E-state index is 13.3. The van der Waals surface area contributed by atoms with Gasteiger partial charge in [0.15, 0.2) is 0 Å². The number of ether oxygens (including phenoxy) is 1. The van der Waals surface area contributed by atoms with Crippen molar-refractivity contribution < 1.29 is 13.9 Å². The minimum absolute atomic E-state index is 0.169. The van der Waals surface area contributed by atoms with Crippen molar-refractivity contribution in [2.75, 3.05) is 12.4 Å². The maximum Gasteiger partial charge on any atom is 0.333 e. The lowest BCUT2D eigenvalue weighted by atomic mass is 10.2. The smallest absolute Gasteiger partial charge is 0.333 e. The Morgan fingerprint density at radius 1 is 1.15 bits per heavy atom. The number of nitrogens with zero attached hydrogens (tertiary/aromatic N) is 2. The molecule has 0 unspecified atom stereocenters. The molecule has 0 spiro atoms. The molecule has 0 saturated carbocycles. The molecule has 0 aliphatic heterocycles. The molecule has 6 nitrogen and oxygen atoms in total. The van der Waals surface area contributed by atoms with Gasteiger partial charge in [-0.05, 0) is 48.9 Å². The van der Waals surface area contributed by atoms with Crippen LogP contribution in [0.15, 0.2) is 59.7 Å². The molecule has 0 aliphatic carbocycles. The van der Waals surface area contributed by atoms with Gasteiger partial charge in [-0.25, -0.2) is 9.18 Å². The van der Waals surface area contributed by atoms with E-state index in [1.54, 1.807) is 50.6 Å². The van der Waals surface area contributed by atoms with E-state index in [9.17, 15) is 14.0 Å². The van der Waals surface area contributed by atoms with Gasteiger partial charge >= 0.3 is 5.69 Å². The summed E-state index contributed by atoms with van der Waals surface area (Å²) in [5, 5.41) is 2.63. The third-order valence-electron chi connectivity index (χ3n) is 3.99. The zero-order valence-corrected chi connectivity index (χ0v) is 14.4. The third-order valence-corrected chi connectivity index (χ3v) is 3.99. The number of methoxy groups -OCH3 is 1. The summed E-state index contributed by atoms with van der Waals surface area (Å²) in [7, 11) is 1.57. The van der Waals surface area contributed by atoms with Crippen LogP contribution in [0.3, 0.4) is 0 Å². The van der Waals surface area contributed by atoms with Crippen LogP contribution in [0.5, 0.6) is 5.75 Å². The number of anilines is 1. The van der Waals surface area contributed by atoms with Gasteiger partial charge in [0.1, 0.15) is 18.1 Å². The fourth-order valence-corrected chi connectivity index (χ4v) is 2.55. The molecule has 0 atom stereocenters. The summed E-state index contributed by atoms with van der Waals surface area (Å²) in [6.45, 7) is 1.60. The van der Waals surface area contributed by atoms with Crippen LogP contribution >= 0.6 is 0 Å². The number of hydrogen-bond donors (Lipinski definition) is 1. The summed E-state index contributed by atoms with van der Waals surface area (Å²) < 4.78 is 21.1. The molecule has 0 aliphatic rings. The van der Waals surface area contributed by atoms with Crippen LogP contribution in [-0.2, 0) is 11.3 Å². The lowest BCUT2D eigenvalue weighted by Gasteiger charge is -2.08. The Labute approximate surface area is 149 Å². The first-order valence-electron chi connectivity index (χ1n) is 7.96. The van der Waals surface area contributed by atoms with Crippen molar-refractivity contribution in [3.05, 3.63) is 76.7 Å². The van der Waals surface area contributed by atoms with E-state index in [1.807, 2.05) is 0 Å². The molecular weight excluding hydrogens is 337 g/mol. The number of aromatic nitrogens is 2. The lowest BCUT2D eigenvalue weighted by Crippen LogP contribution is -2.28. The molecule has 0 fully saturated rings. The molecule has 1 heterocycles. The second kappa shape index (κ2) is 7.26. The summed E-state index contributed by atoms with van der Waals surface area (Å²) in [4.78, 5) is 24.7. The van der Waals surface area contributed by atoms with Crippen LogP contribution in [-0.4, -0.2) is 22.2 Å². The molecule has 26 heavy (non-hydrogen) atoms. The molecule has 3 aromatic rings. The number of benzene rings is 2. The third kappa shape index (κ3) is 3.66. The molecular formula is C19H18FN3O3. The Balaban J connectivity index is 1.76.